The number of nitrogens with one attached hydrogen (secondary N) is 1. The SMILES string of the molecule is CNC(=O)[C@@H]1CN(C)CCN(Cc2cccc(Br)c2)C1. The average Bonchev–Trinajstić information content (AvgIpc) is 2.60. The van der Waals surface area contributed by atoms with Crippen LogP contribution in [-0.2, 0) is 11.3 Å². The molecule has 2 rings (SSSR count). The molecule has 0 radical (unpaired) electrons. The molecule has 1 aromatic carbocycles. The zero-order valence-electron chi connectivity index (χ0n) is 12.1. The molecule has 1 aliphatic rings. The fraction of sp³-hybridized carbons (Fsp3) is 0.533. The number of carbonyl (C=O) groups is 1. The number of hydrogen-bond acceptors (Lipinski definition) is 3. The quantitative estimate of drug-likeness (QED) is 0.907. The molecule has 4 nitrogen and oxygen atoms in total. The smallest absolute Gasteiger partial charge is 0.225 e. The monoisotopic (exact) mass is 339 g/mol. The molecule has 0 bridgehead atoms. The number of halogens is 1. The van der Waals surface area contributed by atoms with Crippen LogP contribution in [0.25, 0.3) is 0 Å². The zero-order chi connectivity index (χ0) is 14.5. The normalized spacial score (nSPS) is 21.4. The highest BCUT2D eigenvalue weighted by molar-refractivity contribution is 9.10. The van der Waals surface area contributed by atoms with Crippen LogP contribution in [0.5, 0.6) is 0 Å². The Kier molecular flexibility index (Phi) is 5.57. The molecule has 110 valence electrons. The molecule has 1 aromatic rings. The molecule has 5 heteroatoms. The first-order chi connectivity index (χ1) is 9.58. The summed E-state index contributed by atoms with van der Waals surface area (Å²) in [6.45, 7) is 4.53. The predicted molar refractivity (Wildman–Crippen MR) is 84.5 cm³/mol. The van der Waals surface area contributed by atoms with E-state index in [1.165, 1.54) is 5.56 Å². The van der Waals surface area contributed by atoms with E-state index in [0.717, 1.165) is 37.2 Å². The van der Waals surface area contributed by atoms with Gasteiger partial charge in [0.2, 0.25) is 5.91 Å². The molecule has 1 atom stereocenters. The van der Waals surface area contributed by atoms with E-state index in [1.807, 2.05) is 6.07 Å². The third-order valence-electron chi connectivity index (χ3n) is 3.72. The lowest BCUT2D eigenvalue weighted by molar-refractivity contribution is -0.125. The molecule has 1 saturated heterocycles. The standard InChI is InChI=1S/C15H22BrN3O/c1-17-15(20)13-10-18(2)6-7-19(11-13)9-12-4-3-5-14(16)8-12/h3-5,8,13H,6-7,9-11H2,1-2H3,(H,17,20)/t13-/m1/s1. The van der Waals surface area contributed by atoms with E-state index in [9.17, 15) is 4.79 Å². The molecule has 0 spiro atoms. The first-order valence-corrected chi connectivity index (χ1v) is 7.74. The van der Waals surface area contributed by atoms with Crippen LogP contribution in [0.4, 0.5) is 0 Å². The molecular weight excluding hydrogens is 318 g/mol. The van der Waals surface area contributed by atoms with Crippen LogP contribution < -0.4 is 5.32 Å². The topological polar surface area (TPSA) is 35.6 Å². The Morgan fingerprint density at radius 2 is 2.20 bits per heavy atom. The molecule has 0 unspecified atom stereocenters. The van der Waals surface area contributed by atoms with Gasteiger partial charge in [-0.3, -0.25) is 9.69 Å². The predicted octanol–water partition coefficient (Wildman–Crippen LogP) is 1.56. The third-order valence-corrected chi connectivity index (χ3v) is 4.21. The van der Waals surface area contributed by atoms with Crippen molar-refractivity contribution in [2.24, 2.45) is 5.92 Å². The van der Waals surface area contributed by atoms with Gasteiger partial charge in [-0.25, -0.2) is 0 Å². The van der Waals surface area contributed by atoms with E-state index in [4.69, 9.17) is 0 Å². The second-order valence-electron chi connectivity index (χ2n) is 5.44. The molecule has 0 saturated carbocycles. The number of nitrogens with zero attached hydrogens (tertiary/aromatic N) is 2. The highest BCUT2D eigenvalue weighted by Gasteiger charge is 2.25. The van der Waals surface area contributed by atoms with Gasteiger partial charge in [0.1, 0.15) is 0 Å². The third kappa shape index (κ3) is 4.30. The van der Waals surface area contributed by atoms with Crippen molar-refractivity contribution < 1.29 is 4.79 Å². The minimum Gasteiger partial charge on any atom is -0.359 e. The highest BCUT2D eigenvalue weighted by Crippen LogP contribution is 2.16. The maximum Gasteiger partial charge on any atom is 0.225 e. The van der Waals surface area contributed by atoms with Gasteiger partial charge in [-0.15, -0.1) is 0 Å². The van der Waals surface area contributed by atoms with E-state index in [-0.39, 0.29) is 11.8 Å². The van der Waals surface area contributed by atoms with Gasteiger partial charge in [0.25, 0.3) is 0 Å². The minimum absolute atomic E-state index is 0.0413. The molecule has 1 amide bonds. The Balaban J connectivity index is 2.04. The van der Waals surface area contributed by atoms with Gasteiger partial charge in [-0.2, -0.15) is 0 Å². The second-order valence-corrected chi connectivity index (χ2v) is 6.35. The summed E-state index contributed by atoms with van der Waals surface area (Å²) in [7, 11) is 3.80. The van der Waals surface area contributed by atoms with Crippen molar-refractivity contribution in [3.05, 3.63) is 34.3 Å². The fourth-order valence-corrected chi connectivity index (χ4v) is 3.09. The number of amides is 1. The summed E-state index contributed by atoms with van der Waals surface area (Å²) in [5.74, 6) is 0.178. The van der Waals surface area contributed by atoms with Crippen molar-refractivity contribution in [3.63, 3.8) is 0 Å². The fourth-order valence-electron chi connectivity index (χ4n) is 2.65. The van der Waals surface area contributed by atoms with E-state index < -0.39 is 0 Å². The number of carbonyl (C=O) groups excluding carboxylic acids is 1. The van der Waals surface area contributed by atoms with Crippen LogP contribution in [0.2, 0.25) is 0 Å². The van der Waals surface area contributed by atoms with E-state index in [0.29, 0.717) is 0 Å². The van der Waals surface area contributed by atoms with Crippen LogP contribution in [0.1, 0.15) is 5.56 Å². The Bertz CT molecular complexity index is 466. The Morgan fingerprint density at radius 1 is 1.40 bits per heavy atom. The number of hydrogen-bond donors (Lipinski definition) is 1. The van der Waals surface area contributed by atoms with Crippen LogP contribution in [0, 0.1) is 5.92 Å². The number of benzene rings is 1. The summed E-state index contributed by atoms with van der Waals surface area (Å²) in [5, 5.41) is 2.78. The van der Waals surface area contributed by atoms with Crippen molar-refractivity contribution in [2.75, 3.05) is 40.3 Å². The minimum atomic E-state index is 0.0413. The second kappa shape index (κ2) is 7.20. The Hall–Kier alpha value is -0.910. The van der Waals surface area contributed by atoms with Gasteiger partial charge in [0.15, 0.2) is 0 Å². The molecular formula is C15H22BrN3O. The average molecular weight is 340 g/mol. The first-order valence-electron chi connectivity index (χ1n) is 6.95. The lowest BCUT2D eigenvalue weighted by atomic mass is 10.1. The van der Waals surface area contributed by atoms with Gasteiger partial charge in [-0.05, 0) is 24.7 Å². The van der Waals surface area contributed by atoms with Gasteiger partial charge < -0.3 is 10.2 Å². The van der Waals surface area contributed by atoms with Crippen LogP contribution in [0.15, 0.2) is 28.7 Å². The van der Waals surface area contributed by atoms with E-state index in [1.54, 1.807) is 7.05 Å². The van der Waals surface area contributed by atoms with Crippen molar-refractivity contribution in [1.29, 1.82) is 0 Å². The lowest BCUT2D eigenvalue weighted by Crippen LogP contribution is -2.39. The van der Waals surface area contributed by atoms with Gasteiger partial charge in [-0.1, -0.05) is 28.1 Å². The summed E-state index contributed by atoms with van der Waals surface area (Å²) in [5.41, 5.74) is 1.28. The van der Waals surface area contributed by atoms with Crippen LogP contribution in [0.3, 0.4) is 0 Å². The maximum atomic E-state index is 11.9. The van der Waals surface area contributed by atoms with Crippen LogP contribution >= 0.6 is 15.9 Å². The summed E-state index contributed by atoms with van der Waals surface area (Å²) in [6, 6.07) is 8.37. The largest absolute Gasteiger partial charge is 0.359 e. The Labute approximate surface area is 129 Å². The maximum absolute atomic E-state index is 11.9. The van der Waals surface area contributed by atoms with E-state index in [2.05, 4.69) is 56.3 Å². The summed E-state index contributed by atoms with van der Waals surface area (Å²) < 4.78 is 1.10. The molecule has 0 aliphatic carbocycles. The van der Waals surface area contributed by atoms with Gasteiger partial charge in [0, 0.05) is 44.2 Å². The molecule has 1 aliphatic heterocycles. The Morgan fingerprint density at radius 3 is 2.90 bits per heavy atom. The molecule has 20 heavy (non-hydrogen) atoms. The number of likely N-dealkylation sites (N-methyl/N-ethyl adjacent to an activating group) is 1. The molecule has 1 heterocycles. The highest BCUT2D eigenvalue weighted by atomic mass is 79.9. The van der Waals surface area contributed by atoms with Crippen LogP contribution in [-0.4, -0.2) is 56.0 Å². The zero-order valence-corrected chi connectivity index (χ0v) is 13.7. The van der Waals surface area contributed by atoms with Crippen molar-refractivity contribution in [2.45, 2.75) is 6.54 Å². The lowest BCUT2D eigenvalue weighted by Gasteiger charge is -2.23. The van der Waals surface area contributed by atoms with Gasteiger partial charge in [0.05, 0.1) is 5.92 Å². The molecule has 0 aromatic heterocycles. The summed E-state index contributed by atoms with van der Waals surface area (Å²) in [4.78, 5) is 16.5. The molecule has 1 N–H and O–H groups in total. The first kappa shape index (κ1) is 15.5. The van der Waals surface area contributed by atoms with E-state index >= 15 is 0 Å². The number of rotatable bonds is 3. The van der Waals surface area contributed by atoms with Crippen molar-refractivity contribution in [3.8, 4) is 0 Å². The van der Waals surface area contributed by atoms with Crippen molar-refractivity contribution in [1.82, 2.24) is 15.1 Å². The van der Waals surface area contributed by atoms with Gasteiger partial charge >= 0.3 is 0 Å². The summed E-state index contributed by atoms with van der Waals surface area (Å²) in [6.07, 6.45) is 0. The van der Waals surface area contributed by atoms with Crippen molar-refractivity contribution >= 4 is 21.8 Å². The molecule has 1 fully saturated rings. The summed E-state index contributed by atoms with van der Waals surface area (Å²) >= 11 is 3.51.